The first-order valence-corrected chi connectivity index (χ1v) is 7.20. The summed E-state index contributed by atoms with van der Waals surface area (Å²) in [4.78, 5) is 0. The maximum atomic E-state index is 13.6. The molecule has 1 unspecified atom stereocenters. The fourth-order valence-electron chi connectivity index (χ4n) is 2.03. The van der Waals surface area contributed by atoms with Gasteiger partial charge >= 0.3 is 0 Å². The summed E-state index contributed by atoms with van der Waals surface area (Å²) in [7, 11) is 0. The smallest absolute Gasteiger partial charge is 0.147 e. The molecule has 0 saturated carbocycles. The first-order valence-electron chi connectivity index (χ1n) is 6.41. The molecule has 3 heteroatoms. The van der Waals surface area contributed by atoms with Crippen molar-refractivity contribution in [1.29, 1.82) is 0 Å². The zero-order valence-corrected chi connectivity index (χ0v) is 12.5. The van der Waals surface area contributed by atoms with Crippen molar-refractivity contribution >= 4 is 21.6 Å². The zero-order valence-electron chi connectivity index (χ0n) is 10.9. The monoisotopic (exact) mass is 321 g/mol. The van der Waals surface area contributed by atoms with Crippen LogP contribution in [0.3, 0.4) is 0 Å². The Bertz CT molecular complexity index is 507. The summed E-state index contributed by atoms with van der Waals surface area (Å²) < 4.78 is 14.4. The number of benzene rings is 2. The predicted octanol–water partition coefficient (Wildman–Crippen LogP) is 5.19. The first kappa shape index (κ1) is 14.1. The maximum absolute atomic E-state index is 13.6. The number of anilines is 1. The molecular formula is C16H17BrFN. The number of nitrogens with one attached hydrogen (secondary N) is 1. The Kier molecular flexibility index (Phi) is 4.97. The van der Waals surface area contributed by atoms with Crippen LogP contribution in [0.2, 0.25) is 0 Å². The van der Waals surface area contributed by atoms with Crippen LogP contribution in [0.15, 0.2) is 53.0 Å². The van der Waals surface area contributed by atoms with Crippen molar-refractivity contribution in [1.82, 2.24) is 0 Å². The van der Waals surface area contributed by atoms with Gasteiger partial charge in [-0.15, -0.1) is 0 Å². The first-order chi connectivity index (χ1) is 9.18. The van der Waals surface area contributed by atoms with E-state index in [4.69, 9.17) is 0 Å². The molecule has 19 heavy (non-hydrogen) atoms. The molecule has 0 spiro atoms. The van der Waals surface area contributed by atoms with Crippen molar-refractivity contribution in [2.45, 2.75) is 19.3 Å². The van der Waals surface area contributed by atoms with Crippen molar-refractivity contribution in [3.8, 4) is 0 Å². The number of hydrogen-bond acceptors (Lipinski definition) is 1. The Balaban J connectivity index is 1.90. The lowest BCUT2D eigenvalue weighted by Crippen LogP contribution is -2.07. The third kappa shape index (κ3) is 3.80. The highest BCUT2D eigenvalue weighted by molar-refractivity contribution is 9.10. The van der Waals surface area contributed by atoms with Crippen molar-refractivity contribution in [3.63, 3.8) is 0 Å². The topological polar surface area (TPSA) is 12.0 Å². The third-order valence-corrected chi connectivity index (χ3v) is 3.87. The van der Waals surface area contributed by atoms with Gasteiger partial charge in [-0.1, -0.05) is 43.3 Å². The van der Waals surface area contributed by atoms with Crippen LogP contribution in [0.1, 0.15) is 24.8 Å². The van der Waals surface area contributed by atoms with E-state index in [1.807, 2.05) is 24.3 Å². The molecule has 0 saturated heterocycles. The second kappa shape index (κ2) is 6.71. The van der Waals surface area contributed by atoms with Gasteiger partial charge in [0, 0.05) is 11.0 Å². The SMILES string of the molecule is CC(CCNc1c(F)cccc1Br)c1ccccc1. The Morgan fingerprint density at radius 1 is 1.11 bits per heavy atom. The van der Waals surface area contributed by atoms with Gasteiger partial charge in [0.15, 0.2) is 0 Å². The van der Waals surface area contributed by atoms with E-state index in [-0.39, 0.29) is 5.82 Å². The van der Waals surface area contributed by atoms with Gasteiger partial charge < -0.3 is 5.32 Å². The lowest BCUT2D eigenvalue weighted by molar-refractivity contribution is 0.626. The summed E-state index contributed by atoms with van der Waals surface area (Å²) >= 11 is 3.36. The van der Waals surface area contributed by atoms with E-state index in [9.17, 15) is 4.39 Å². The Morgan fingerprint density at radius 2 is 1.84 bits per heavy atom. The highest BCUT2D eigenvalue weighted by Gasteiger charge is 2.08. The van der Waals surface area contributed by atoms with E-state index < -0.39 is 0 Å². The molecule has 0 bridgehead atoms. The Morgan fingerprint density at radius 3 is 2.53 bits per heavy atom. The van der Waals surface area contributed by atoms with Gasteiger partial charge in [-0.25, -0.2) is 4.39 Å². The minimum absolute atomic E-state index is 0.221. The van der Waals surface area contributed by atoms with Gasteiger partial charge in [-0.2, -0.15) is 0 Å². The number of rotatable bonds is 5. The molecule has 2 aromatic carbocycles. The van der Waals surface area contributed by atoms with E-state index in [0.29, 0.717) is 11.6 Å². The van der Waals surface area contributed by atoms with E-state index in [0.717, 1.165) is 17.4 Å². The fraction of sp³-hybridized carbons (Fsp3) is 0.250. The maximum Gasteiger partial charge on any atom is 0.147 e. The number of para-hydroxylation sites is 1. The molecule has 1 nitrogen and oxygen atoms in total. The molecule has 100 valence electrons. The van der Waals surface area contributed by atoms with E-state index in [2.05, 4.69) is 40.3 Å². The molecular weight excluding hydrogens is 305 g/mol. The molecule has 0 fully saturated rings. The minimum atomic E-state index is -0.221. The van der Waals surface area contributed by atoms with Gasteiger partial charge in [0.1, 0.15) is 5.82 Å². The van der Waals surface area contributed by atoms with Crippen LogP contribution in [0.25, 0.3) is 0 Å². The largest absolute Gasteiger partial charge is 0.382 e. The molecule has 1 atom stereocenters. The molecule has 0 aliphatic carbocycles. The normalized spacial score (nSPS) is 12.2. The summed E-state index contributed by atoms with van der Waals surface area (Å²) in [6.45, 7) is 2.93. The van der Waals surface area contributed by atoms with Crippen LogP contribution >= 0.6 is 15.9 Å². The van der Waals surface area contributed by atoms with Gasteiger partial charge in [0.05, 0.1) is 5.69 Å². The second-order valence-electron chi connectivity index (χ2n) is 4.62. The second-order valence-corrected chi connectivity index (χ2v) is 5.48. The average molecular weight is 322 g/mol. The molecule has 0 heterocycles. The lowest BCUT2D eigenvalue weighted by atomic mass is 9.98. The summed E-state index contributed by atoms with van der Waals surface area (Å²) in [5.41, 5.74) is 1.86. The van der Waals surface area contributed by atoms with Crippen LogP contribution < -0.4 is 5.32 Å². The zero-order chi connectivity index (χ0) is 13.7. The number of halogens is 2. The highest BCUT2D eigenvalue weighted by Crippen LogP contribution is 2.26. The average Bonchev–Trinajstić information content (AvgIpc) is 2.43. The lowest BCUT2D eigenvalue weighted by Gasteiger charge is -2.14. The van der Waals surface area contributed by atoms with Crippen LogP contribution in [0.5, 0.6) is 0 Å². The van der Waals surface area contributed by atoms with Crippen molar-refractivity contribution < 1.29 is 4.39 Å². The van der Waals surface area contributed by atoms with E-state index >= 15 is 0 Å². The number of hydrogen-bond donors (Lipinski definition) is 1. The standard InChI is InChI=1S/C16H17BrFN/c1-12(13-6-3-2-4-7-13)10-11-19-16-14(17)8-5-9-15(16)18/h2-9,12,19H,10-11H2,1H3. The molecule has 0 aromatic heterocycles. The van der Waals surface area contributed by atoms with Crippen LogP contribution in [0, 0.1) is 5.82 Å². The quantitative estimate of drug-likeness (QED) is 0.798. The molecule has 2 aromatic rings. The van der Waals surface area contributed by atoms with Gasteiger partial charge in [0.2, 0.25) is 0 Å². The van der Waals surface area contributed by atoms with Gasteiger partial charge in [-0.05, 0) is 46.0 Å². The highest BCUT2D eigenvalue weighted by atomic mass is 79.9. The Labute approximate surface area is 122 Å². The van der Waals surface area contributed by atoms with Crippen LogP contribution in [0.4, 0.5) is 10.1 Å². The minimum Gasteiger partial charge on any atom is -0.382 e. The van der Waals surface area contributed by atoms with Crippen molar-refractivity contribution in [2.24, 2.45) is 0 Å². The molecule has 0 amide bonds. The summed E-state index contributed by atoms with van der Waals surface area (Å²) in [6.07, 6.45) is 0.963. The van der Waals surface area contributed by atoms with Gasteiger partial charge in [0.25, 0.3) is 0 Å². The van der Waals surface area contributed by atoms with Gasteiger partial charge in [-0.3, -0.25) is 0 Å². The van der Waals surface area contributed by atoms with Crippen LogP contribution in [-0.4, -0.2) is 6.54 Å². The molecule has 0 aliphatic rings. The van der Waals surface area contributed by atoms with Crippen molar-refractivity contribution in [3.05, 3.63) is 64.4 Å². The van der Waals surface area contributed by atoms with Crippen molar-refractivity contribution in [2.75, 3.05) is 11.9 Å². The molecule has 0 radical (unpaired) electrons. The Hall–Kier alpha value is -1.35. The summed E-state index contributed by atoms with van der Waals surface area (Å²) in [5.74, 6) is 0.237. The molecule has 2 rings (SSSR count). The fourth-order valence-corrected chi connectivity index (χ4v) is 2.51. The van der Waals surface area contributed by atoms with E-state index in [1.54, 1.807) is 6.07 Å². The summed E-state index contributed by atoms with van der Waals surface area (Å²) in [6, 6.07) is 15.4. The third-order valence-electron chi connectivity index (χ3n) is 3.21. The van der Waals surface area contributed by atoms with E-state index in [1.165, 1.54) is 11.6 Å². The molecule has 1 N–H and O–H groups in total. The summed E-state index contributed by atoms with van der Waals surface area (Å²) in [5, 5.41) is 3.16. The predicted molar refractivity (Wildman–Crippen MR) is 82.1 cm³/mol. The van der Waals surface area contributed by atoms with Crippen LogP contribution in [-0.2, 0) is 0 Å². The molecule has 0 aliphatic heterocycles.